The van der Waals surface area contributed by atoms with E-state index >= 15 is 0 Å². The summed E-state index contributed by atoms with van der Waals surface area (Å²) in [5, 5.41) is 1.49. The Bertz CT molecular complexity index is 1180. The van der Waals surface area contributed by atoms with Crippen LogP contribution in [0.4, 0.5) is 4.79 Å². The van der Waals surface area contributed by atoms with Gasteiger partial charge >= 0.3 is 0 Å². The van der Waals surface area contributed by atoms with Crippen molar-refractivity contribution >= 4 is 22.9 Å². The molecular formula is C28H29NO6S. The lowest BCUT2D eigenvalue weighted by Gasteiger charge is -2.14. The van der Waals surface area contributed by atoms with Crippen molar-refractivity contribution in [2.75, 3.05) is 20.3 Å². The van der Waals surface area contributed by atoms with Crippen molar-refractivity contribution in [2.45, 2.75) is 31.4 Å². The van der Waals surface area contributed by atoms with Gasteiger partial charge in [-0.25, -0.2) is 0 Å². The van der Waals surface area contributed by atoms with Crippen LogP contribution in [0, 0.1) is 0 Å². The van der Waals surface area contributed by atoms with Crippen LogP contribution in [0.15, 0.2) is 66.7 Å². The van der Waals surface area contributed by atoms with Crippen LogP contribution in [-0.2, 0) is 11.2 Å². The van der Waals surface area contributed by atoms with Crippen molar-refractivity contribution in [3.8, 4) is 28.7 Å². The first-order valence-electron chi connectivity index (χ1n) is 11.9. The lowest BCUT2D eigenvalue weighted by Crippen LogP contribution is -2.20. The van der Waals surface area contributed by atoms with Crippen LogP contribution in [0.3, 0.4) is 0 Å². The van der Waals surface area contributed by atoms with Crippen LogP contribution in [-0.4, -0.2) is 31.5 Å². The van der Waals surface area contributed by atoms with E-state index in [2.05, 4.69) is 12.2 Å². The summed E-state index contributed by atoms with van der Waals surface area (Å²) in [6.45, 7) is 3.15. The number of amides is 2. The summed E-state index contributed by atoms with van der Waals surface area (Å²) in [6, 6.07) is 20.7. The number of methoxy groups -OCH3 is 1. The van der Waals surface area contributed by atoms with Crippen molar-refractivity contribution in [3.05, 3.63) is 77.9 Å². The highest BCUT2D eigenvalue weighted by atomic mass is 32.2. The molecule has 0 radical (unpaired) electrons. The van der Waals surface area contributed by atoms with Crippen molar-refractivity contribution in [1.29, 1.82) is 0 Å². The fourth-order valence-electron chi connectivity index (χ4n) is 3.73. The van der Waals surface area contributed by atoms with Gasteiger partial charge in [-0.1, -0.05) is 25.5 Å². The molecule has 0 bridgehead atoms. The second-order valence-electron chi connectivity index (χ2n) is 8.19. The molecule has 4 rings (SSSR count). The van der Waals surface area contributed by atoms with E-state index in [-0.39, 0.29) is 11.1 Å². The third-order valence-corrected chi connectivity index (χ3v) is 6.57. The smallest absolute Gasteiger partial charge is 0.286 e. The number of carbonyl (C=O) groups excluding carboxylic acids is 2. The van der Waals surface area contributed by atoms with E-state index in [0.29, 0.717) is 25.4 Å². The van der Waals surface area contributed by atoms with E-state index in [1.165, 1.54) is 0 Å². The van der Waals surface area contributed by atoms with Gasteiger partial charge in [0, 0.05) is 6.42 Å². The Hall–Kier alpha value is -3.65. The molecule has 0 spiro atoms. The van der Waals surface area contributed by atoms with Crippen molar-refractivity contribution < 1.29 is 28.5 Å². The van der Waals surface area contributed by atoms with Crippen LogP contribution in [0.5, 0.6) is 28.7 Å². The molecule has 1 fully saturated rings. The first-order valence-corrected chi connectivity index (χ1v) is 12.8. The Morgan fingerprint density at radius 1 is 0.833 bits per heavy atom. The first kappa shape index (κ1) is 25.4. The topological polar surface area (TPSA) is 83.1 Å². The van der Waals surface area contributed by atoms with Gasteiger partial charge in [-0.3, -0.25) is 14.9 Å². The van der Waals surface area contributed by atoms with Crippen LogP contribution in [0.25, 0.3) is 0 Å². The van der Waals surface area contributed by atoms with Gasteiger partial charge in [0.15, 0.2) is 0 Å². The maximum atomic E-state index is 11.8. The molecule has 1 heterocycles. The number of aryl methyl sites for hydroxylation is 1. The molecule has 7 nitrogen and oxygen atoms in total. The van der Waals surface area contributed by atoms with Crippen LogP contribution in [0.1, 0.15) is 36.1 Å². The van der Waals surface area contributed by atoms with Crippen LogP contribution >= 0.6 is 11.8 Å². The molecule has 0 aliphatic carbocycles. The van der Waals surface area contributed by atoms with Gasteiger partial charge in [0.25, 0.3) is 5.24 Å². The Kier molecular flexibility index (Phi) is 8.73. The van der Waals surface area contributed by atoms with Crippen LogP contribution in [0.2, 0.25) is 0 Å². The van der Waals surface area contributed by atoms with E-state index < -0.39 is 5.25 Å². The fourth-order valence-corrected chi connectivity index (χ4v) is 4.57. The van der Waals surface area contributed by atoms with Gasteiger partial charge in [-0.15, -0.1) is 0 Å². The predicted octanol–water partition coefficient (Wildman–Crippen LogP) is 6.31. The van der Waals surface area contributed by atoms with Gasteiger partial charge in [0.2, 0.25) is 5.91 Å². The maximum Gasteiger partial charge on any atom is 0.286 e. The standard InChI is InChI=1S/C28H29NO6S/c1-3-5-20-18-24(14-15-25(20)35-23-12-10-21(32-2)11-13-23)34-17-4-16-33-22-8-6-19(7-9-22)26-27(30)29-28(31)36-26/h6-15,18,26H,3-5,16-17H2,1-2H3,(H,29,30,31). The lowest BCUT2D eigenvalue weighted by molar-refractivity contribution is -0.119. The fraction of sp³-hybridized carbons (Fsp3) is 0.286. The largest absolute Gasteiger partial charge is 0.497 e. The number of hydrogen-bond acceptors (Lipinski definition) is 7. The Labute approximate surface area is 215 Å². The average molecular weight is 508 g/mol. The molecule has 1 N–H and O–H groups in total. The first-order chi connectivity index (χ1) is 17.6. The van der Waals surface area contributed by atoms with Gasteiger partial charge in [-0.2, -0.15) is 0 Å². The molecular weight excluding hydrogens is 478 g/mol. The molecule has 36 heavy (non-hydrogen) atoms. The molecule has 1 aliphatic heterocycles. The molecule has 3 aromatic rings. The summed E-state index contributed by atoms with van der Waals surface area (Å²) >= 11 is 0.992. The Morgan fingerprint density at radius 3 is 2.11 bits per heavy atom. The predicted molar refractivity (Wildman–Crippen MR) is 139 cm³/mol. The third kappa shape index (κ3) is 6.73. The van der Waals surface area contributed by atoms with Gasteiger partial charge in [-0.05, 0) is 83.9 Å². The summed E-state index contributed by atoms with van der Waals surface area (Å²) in [7, 11) is 1.64. The summed E-state index contributed by atoms with van der Waals surface area (Å²) in [5.41, 5.74) is 1.87. The van der Waals surface area contributed by atoms with Crippen molar-refractivity contribution in [1.82, 2.24) is 5.32 Å². The number of benzene rings is 3. The van der Waals surface area contributed by atoms with E-state index in [4.69, 9.17) is 18.9 Å². The normalized spacial score (nSPS) is 14.9. The number of rotatable bonds is 12. The number of thioether (sulfide) groups is 1. The zero-order valence-electron chi connectivity index (χ0n) is 20.3. The quantitative estimate of drug-likeness (QED) is 0.288. The number of hydrogen-bond donors (Lipinski definition) is 1. The average Bonchev–Trinajstić information content (AvgIpc) is 3.24. The second kappa shape index (κ2) is 12.4. The minimum absolute atomic E-state index is 0.279. The Balaban J connectivity index is 1.24. The molecule has 8 heteroatoms. The summed E-state index contributed by atoms with van der Waals surface area (Å²) < 4.78 is 23.0. The van der Waals surface area contributed by atoms with E-state index in [0.717, 1.165) is 58.7 Å². The lowest BCUT2D eigenvalue weighted by atomic mass is 10.1. The van der Waals surface area contributed by atoms with Gasteiger partial charge in [0.1, 0.15) is 34.0 Å². The number of ether oxygens (including phenoxy) is 4. The van der Waals surface area contributed by atoms with E-state index in [1.807, 2.05) is 66.7 Å². The highest BCUT2D eigenvalue weighted by Crippen LogP contribution is 2.35. The highest BCUT2D eigenvalue weighted by molar-refractivity contribution is 8.15. The SMILES string of the molecule is CCCc1cc(OCCCOc2ccc(C3SC(=O)NC3=O)cc2)ccc1Oc1ccc(OC)cc1. The number of imide groups is 1. The molecule has 1 saturated heterocycles. The van der Waals surface area contributed by atoms with E-state index in [9.17, 15) is 9.59 Å². The summed E-state index contributed by atoms with van der Waals surface area (Å²) in [4.78, 5) is 23.2. The van der Waals surface area contributed by atoms with E-state index in [1.54, 1.807) is 7.11 Å². The second-order valence-corrected chi connectivity index (χ2v) is 9.27. The zero-order valence-corrected chi connectivity index (χ0v) is 21.1. The summed E-state index contributed by atoms with van der Waals surface area (Å²) in [6.07, 6.45) is 2.59. The Morgan fingerprint density at radius 2 is 1.47 bits per heavy atom. The molecule has 1 unspecified atom stereocenters. The molecule has 3 aromatic carbocycles. The van der Waals surface area contributed by atoms with Gasteiger partial charge < -0.3 is 18.9 Å². The van der Waals surface area contributed by atoms with Gasteiger partial charge in [0.05, 0.1) is 20.3 Å². The number of nitrogens with one attached hydrogen (secondary N) is 1. The number of carbonyl (C=O) groups is 2. The monoisotopic (exact) mass is 507 g/mol. The summed E-state index contributed by atoms with van der Waals surface area (Å²) in [5.74, 6) is 3.59. The molecule has 1 aliphatic rings. The van der Waals surface area contributed by atoms with Crippen molar-refractivity contribution in [2.24, 2.45) is 0 Å². The molecule has 2 amide bonds. The molecule has 0 aromatic heterocycles. The van der Waals surface area contributed by atoms with Crippen molar-refractivity contribution in [3.63, 3.8) is 0 Å². The molecule has 0 saturated carbocycles. The molecule has 188 valence electrons. The third-order valence-electron chi connectivity index (χ3n) is 5.54. The minimum Gasteiger partial charge on any atom is -0.497 e. The maximum absolute atomic E-state index is 11.8. The highest BCUT2D eigenvalue weighted by Gasteiger charge is 2.32. The minimum atomic E-state index is -0.495. The molecule has 1 atom stereocenters. The van der Waals surface area contributed by atoms with Crippen LogP contribution < -0.4 is 24.3 Å². The zero-order chi connectivity index (χ0) is 25.3.